The summed E-state index contributed by atoms with van der Waals surface area (Å²) in [6.07, 6.45) is 5.08. The predicted molar refractivity (Wildman–Crippen MR) is 74.8 cm³/mol. The highest BCUT2D eigenvalue weighted by atomic mass is 19.1. The molecule has 0 amide bonds. The monoisotopic (exact) mass is 268 g/mol. The molecule has 0 aliphatic rings. The highest BCUT2D eigenvalue weighted by Gasteiger charge is 2.02. The van der Waals surface area contributed by atoms with Gasteiger partial charge in [-0.3, -0.25) is 0 Å². The van der Waals surface area contributed by atoms with Gasteiger partial charge < -0.3 is 0 Å². The lowest BCUT2D eigenvalue weighted by atomic mass is 10.1. The lowest BCUT2D eigenvalue weighted by Gasteiger charge is -2.00. The molecule has 0 aliphatic carbocycles. The molecule has 0 N–H and O–H groups in total. The summed E-state index contributed by atoms with van der Waals surface area (Å²) in [5.74, 6) is -0.623. The van der Waals surface area contributed by atoms with Gasteiger partial charge in [-0.2, -0.15) is 10.2 Å². The van der Waals surface area contributed by atoms with Gasteiger partial charge in [-0.05, 0) is 35.9 Å². The van der Waals surface area contributed by atoms with Gasteiger partial charge in [-0.25, -0.2) is 8.78 Å². The first-order valence-corrected chi connectivity index (χ1v) is 6.07. The van der Waals surface area contributed by atoms with Crippen LogP contribution < -0.4 is 0 Å². The summed E-state index contributed by atoms with van der Waals surface area (Å²) in [7, 11) is 0. The van der Waals surface area contributed by atoms with Crippen molar-refractivity contribution >= 4 is 23.1 Å². The van der Waals surface area contributed by atoms with Gasteiger partial charge in [-0.15, -0.1) is 0 Å². The number of fused-ring (bicyclic) bond motifs is 1. The minimum Gasteiger partial charge on any atom is -0.207 e. The van der Waals surface area contributed by atoms with Crippen LogP contribution in [0.4, 0.5) is 8.78 Å². The van der Waals surface area contributed by atoms with Gasteiger partial charge in [-0.1, -0.05) is 24.3 Å². The summed E-state index contributed by atoms with van der Waals surface area (Å²) in [6.45, 7) is 0. The highest BCUT2D eigenvalue weighted by molar-refractivity contribution is 5.89. The zero-order chi connectivity index (χ0) is 13.9. The van der Waals surface area contributed by atoms with Gasteiger partial charge in [0.05, 0.1) is 11.7 Å². The number of halogens is 2. The van der Waals surface area contributed by atoms with Crippen LogP contribution in [-0.2, 0) is 0 Å². The highest BCUT2D eigenvalue weighted by Crippen LogP contribution is 2.19. The summed E-state index contributed by atoms with van der Waals surface area (Å²) in [5.41, 5.74) is 2.08. The number of nitrogens with zero attached hydrogens (tertiary/aromatic N) is 2. The molecule has 0 spiro atoms. The second-order valence-electron chi connectivity index (χ2n) is 4.35. The van der Waals surface area contributed by atoms with Crippen molar-refractivity contribution in [1.82, 2.24) is 10.2 Å². The first kappa shape index (κ1) is 12.4. The Bertz CT molecular complexity index is 797. The number of hydrogen-bond donors (Lipinski definition) is 0. The van der Waals surface area contributed by atoms with E-state index in [9.17, 15) is 8.78 Å². The standard InChI is InChI=1S/C16H10F2N2/c17-13-3-1-2-11(8-13)4-5-12-10-19-20-16-7-6-14(18)9-15(12)16/h1-10H. The Morgan fingerprint density at radius 3 is 2.60 bits per heavy atom. The number of rotatable bonds is 2. The van der Waals surface area contributed by atoms with E-state index in [-0.39, 0.29) is 11.6 Å². The SMILES string of the molecule is Fc1cccc(C=Cc2cnnc3ccc(F)cc23)c1. The molecule has 3 rings (SSSR count). The van der Waals surface area contributed by atoms with E-state index in [1.54, 1.807) is 36.5 Å². The molecule has 0 aliphatic heterocycles. The molecule has 0 fully saturated rings. The topological polar surface area (TPSA) is 25.8 Å². The summed E-state index contributed by atoms with van der Waals surface area (Å²) in [5, 5.41) is 8.49. The van der Waals surface area contributed by atoms with E-state index in [1.807, 2.05) is 0 Å². The zero-order valence-corrected chi connectivity index (χ0v) is 10.4. The number of benzene rings is 2. The summed E-state index contributed by atoms with van der Waals surface area (Å²) in [4.78, 5) is 0. The van der Waals surface area contributed by atoms with Gasteiger partial charge >= 0.3 is 0 Å². The average Bonchev–Trinajstić information content (AvgIpc) is 2.45. The van der Waals surface area contributed by atoms with Crippen LogP contribution in [0.25, 0.3) is 23.1 Å². The third-order valence-electron chi connectivity index (χ3n) is 2.94. The molecule has 3 aromatic rings. The maximum absolute atomic E-state index is 13.3. The van der Waals surface area contributed by atoms with Crippen LogP contribution in [0.2, 0.25) is 0 Å². The summed E-state index contributed by atoms with van der Waals surface area (Å²) < 4.78 is 26.4. The van der Waals surface area contributed by atoms with Crippen LogP contribution in [0.1, 0.15) is 11.1 Å². The van der Waals surface area contributed by atoms with Crippen molar-refractivity contribution in [2.75, 3.05) is 0 Å². The average molecular weight is 268 g/mol. The van der Waals surface area contributed by atoms with Crippen LogP contribution in [0.5, 0.6) is 0 Å². The van der Waals surface area contributed by atoms with Crippen LogP contribution >= 0.6 is 0 Å². The molecule has 20 heavy (non-hydrogen) atoms. The van der Waals surface area contributed by atoms with E-state index in [0.29, 0.717) is 10.9 Å². The third-order valence-corrected chi connectivity index (χ3v) is 2.94. The van der Waals surface area contributed by atoms with Crippen LogP contribution in [0.15, 0.2) is 48.7 Å². The summed E-state index contributed by atoms with van der Waals surface area (Å²) in [6, 6.07) is 10.6. The van der Waals surface area contributed by atoms with E-state index in [2.05, 4.69) is 10.2 Å². The Balaban J connectivity index is 2.04. The van der Waals surface area contributed by atoms with Crippen molar-refractivity contribution < 1.29 is 8.78 Å². The predicted octanol–water partition coefficient (Wildman–Crippen LogP) is 4.08. The van der Waals surface area contributed by atoms with Gasteiger partial charge in [0.1, 0.15) is 11.6 Å². The first-order valence-electron chi connectivity index (χ1n) is 6.07. The van der Waals surface area contributed by atoms with Gasteiger partial charge in [0.2, 0.25) is 0 Å². The Kier molecular flexibility index (Phi) is 3.21. The van der Waals surface area contributed by atoms with Gasteiger partial charge in [0.15, 0.2) is 0 Å². The van der Waals surface area contributed by atoms with Gasteiger partial charge in [0, 0.05) is 10.9 Å². The second-order valence-corrected chi connectivity index (χ2v) is 4.35. The molecular weight excluding hydrogens is 258 g/mol. The molecule has 0 unspecified atom stereocenters. The molecule has 0 bridgehead atoms. The fraction of sp³-hybridized carbons (Fsp3) is 0. The molecule has 1 heterocycles. The van der Waals surface area contributed by atoms with Crippen molar-refractivity contribution in [3.63, 3.8) is 0 Å². The van der Waals surface area contributed by atoms with E-state index < -0.39 is 0 Å². The van der Waals surface area contributed by atoms with Crippen LogP contribution in [-0.4, -0.2) is 10.2 Å². The molecular formula is C16H10F2N2. The van der Waals surface area contributed by atoms with Crippen molar-refractivity contribution in [2.24, 2.45) is 0 Å². The number of aromatic nitrogens is 2. The lowest BCUT2D eigenvalue weighted by molar-refractivity contribution is 0.627. The van der Waals surface area contributed by atoms with E-state index >= 15 is 0 Å². The van der Waals surface area contributed by atoms with Crippen molar-refractivity contribution in [3.05, 3.63) is 71.4 Å². The largest absolute Gasteiger partial charge is 0.207 e. The Labute approximate surface area is 114 Å². The molecule has 0 saturated heterocycles. The fourth-order valence-corrected chi connectivity index (χ4v) is 1.98. The molecule has 0 saturated carbocycles. The maximum atomic E-state index is 13.3. The maximum Gasteiger partial charge on any atom is 0.123 e. The normalized spacial score (nSPS) is 11.3. The molecule has 1 aromatic heterocycles. The van der Waals surface area contributed by atoms with Crippen molar-refractivity contribution in [3.8, 4) is 0 Å². The molecule has 0 radical (unpaired) electrons. The zero-order valence-electron chi connectivity index (χ0n) is 10.4. The Morgan fingerprint density at radius 2 is 1.75 bits per heavy atom. The van der Waals surface area contributed by atoms with Crippen LogP contribution in [0.3, 0.4) is 0 Å². The molecule has 2 nitrogen and oxygen atoms in total. The van der Waals surface area contributed by atoms with Crippen molar-refractivity contribution in [1.29, 1.82) is 0 Å². The molecule has 98 valence electrons. The second kappa shape index (κ2) is 5.17. The Morgan fingerprint density at radius 1 is 0.900 bits per heavy atom. The van der Waals surface area contributed by atoms with Crippen LogP contribution in [0, 0.1) is 11.6 Å². The van der Waals surface area contributed by atoms with E-state index in [4.69, 9.17) is 0 Å². The van der Waals surface area contributed by atoms with Gasteiger partial charge in [0.25, 0.3) is 0 Å². The minimum absolute atomic E-state index is 0.295. The van der Waals surface area contributed by atoms with E-state index in [0.717, 1.165) is 11.1 Å². The lowest BCUT2D eigenvalue weighted by Crippen LogP contribution is -1.88. The Hall–Kier alpha value is -2.62. The molecule has 0 atom stereocenters. The van der Waals surface area contributed by atoms with E-state index in [1.165, 1.54) is 24.3 Å². The number of hydrogen-bond acceptors (Lipinski definition) is 2. The molecule has 2 aromatic carbocycles. The smallest absolute Gasteiger partial charge is 0.123 e. The fourth-order valence-electron chi connectivity index (χ4n) is 1.98. The quantitative estimate of drug-likeness (QED) is 0.700. The molecule has 4 heteroatoms. The first-order chi connectivity index (χ1) is 9.72. The minimum atomic E-state index is -0.328. The van der Waals surface area contributed by atoms with Crippen molar-refractivity contribution in [2.45, 2.75) is 0 Å². The summed E-state index contributed by atoms with van der Waals surface area (Å²) >= 11 is 0. The third kappa shape index (κ3) is 2.54.